The monoisotopic (exact) mass is 482 g/mol. The number of benzene rings is 2. The molecule has 4 aromatic rings. The molecule has 0 saturated carbocycles. The van der Waals surface area contributed by atoms with Crippen molar-refractivity contribution in [3.05, 3.63) is 95.7 Å². The summed E-state index contributed by atoms with van der Waals surface area (Å²) in [6.45, 7) is 1.43. The number of nitriles is 1. The Morgan fingerprint density at radius 2 is 1.89 bits per heavy atom. The minimum atomic E-state index is -4.58. The molecule has 2 aromatic carbocycles. The SMILES string of the molecule is Cc1c(C#N)c(=O)n(C2CCc3c2cccc3C(F)(F)F)c(=O)n1-c1ccc2c(c1)oc(=O)n2C. The van der Waals surface area contributed by atoms with Crippen molar-refractivity contribution in [1.29, 1.82) is 5.26 Å². The summed E-state index contributed by atoms with van der Waals surface area (Å²) in [5.41, 5.74) is -1.55. The number of nitrogens with zero attached hydrogens (tertiary/aromatic N) is 4. The zero-order chi connectivity index (χ0) is 25.2. The van der Waals surface area contributed by atoms with E-state index >= 15 is 0 Å². The molecule has 1 atom stereocenters. The largest absolute Gasteiger partial charge is 0.419 e. The zero-order valence-corrected chi connectivity index (χ0v) is 18.5. The Morgan fingerprint density at radius 3 is 2.57 bits per heavy atom. The molecular weight excluding hydrogens is 465 g/mol. The lowest BCUT2D eigenvalue weighted by molar-refractivity contribution is -0.138. The van der Waals surface area contributed by atoms with Gasteiger partial charge in [-0.1, -0.05) is 12.1 Å². The minimum absolute atomic E-state index is 0.0262. The second kappa shape index (κ2) is 7.59. The maximum Gasteiger partial charge on any atom is 0.419 e. The lowest BCUT2D eigenvalue weighted by Gasteiger charge is -2.20. The molecule has 0 N–H and O–H groups in total. The van der Waals surface area contributed by atoms with E-state index in [0.717, 1.165) is 15.2 Å². The molecule has 1 aliphatic carbocycles. The predicted octanol–water partition coefficient (Wildman–Crippen LogP) is 3.18. The van der Waals surface area contributed by atoms with Crippen LogP contribution in [0.15, 0.2) is 55.2 Å². The fourth-order valence-electron chi connectivity index (χ4n) is 4.86. The van der Waals surface area contributed by atoms with Crippen molar-refractivity contribution < 1.29 is 17.6 Å². The third-order valence-corrected chi connectivity index (χ3v) is 6.53. The van der Waals surface area contributed by atoms with Gasteiger partial charge in [-0.3, -0.25) is 18.5 Å². The summed E-state index contributed by atoms with van der Waals surface area (Å²) in [6, 6.07) is 9.07. The van der Waals surface area contributed by atoms with Gasteiger partial charge in [0.1, 0.15) is 11.6 Å². The molecule has 0 aliphatic heterocycles. The lowest BCUT2D eigenvalue weighted by atomic mass is 10.0. The Kier molecular flexibility index (Phi) is 4.87. The number of hydrogen-bond donors (Lipinski definition) is 0. The summed E-state index contributed by atoms with van der Waals surface area (Å²) in [7, 11) is 1.52. The third kappa shape index (κ3) is 3.24. The average Bonchev–Trinajstić information content (AvgIpc) is 3.34. The van der Waals surface area contributed by atoms with Gasteiger partial charge in [0.15, 0.2) is 5.58 Å². The standard InChI is InChI=1S/C24H17F3N4O4/c1-12-16(11-28)21(32)31(18-9-7-14-15(18)4-3-5-17(14)24(25,26)27)22(33)30(12)13-6-8-19-20(10-13)35-23(34)29(19)2/h3-6,8,10,18H,7,9H2,1-2H3. The van der Waals surface area contributed by atoms with Crippen LogP contribution in [0.1, 0.15) is 40.4 Å². The van der Waals surface area contributed by atoms with Gasteiger partial charge < -0.3 is 4.42 Å². The van der Waals surface area contributed by atoms with Crippen LogP contribution >= 0.6 is 0 Å². The highest BCUT2D eigenvalue weighted by molar-refractivity contribution is 5.75. The van der Waals surface area contributed by atoms with Crippen LogP contribution in [-0.4, -0.2) is 13.7 Å². The number of aromatic nitrogens is 3. The van der Waals surface area contributed by atoms with Crippen molar-refractivity contribution in [3.8, 4) is 11.8 Å². The number of rotatable bonds is 2. The molecule has 2 heterocycles. The second-order valence-electron chi connectivity index (χ2n) is 8.37. The summed E-state index contributed by atoms with van der Waals surface area (Å²) in [6.07, 6.45) is -4.46. The van der Waals surface area contributed by atoms with Crippen molar-refractivity contribution in [2.24, 2.45) is 7.05 Å². The van der Waals surface area contributed by atoms with Crippen LogP contribution in [0.3, 0.4) is 0 Å². The lowest BCUT2D eigenvalue weighted by Crippen LogP contribution is -2.44. The van der Waals surface area contributed by atoms with Crippen molar-refractivity contribution in [2.75, 3.05) is 0 Å². The Balaban J connectivity index is 1.78. The molecule has 8 nitrogen and oxygen atoms in total. The fourth-order valence-corrected chi connectivity index (χ4v) is 4.86. The normalized spacial score (nSPS) is 15.4. The molecule has 35 heavy (non-hydrogen) atoms. The molecule has 0 spiro atoms. The number of hydrogen-bond acceptors (Lipinski definition) is 5. The number of oxazole rings is 1. The zero-order valence-electron chi connectivity index (χ0n) is 18.5. The second-order valence-corrected chi connectivity index (χ2v) is 8.37. The fraction of sp³-hybridized carbons (Fsp3) is 0.250. The molecule has 0 amide bonds. The molecule has 0 fully saturated rings. The van der Waals surface area contributed by atoms with Crippen LogP contribution in [0.2, 0.25) is 0 Å². The van der Waals surface area contributed by atoms with E-state index in [1.807, 2.05) is 6.07 Å². The van der Waals surface area contributed by atoms with Gasteiger partial charge in [-0.25, -0.2) is 9.59 Å². The van der Waals surface area contributed by atoms with Crippen molar-refractivity contribution in [2.45, 2.75) is 32.0 Å². The first-order valence-electron chi connectivity index (χ1n) is 10.6. The van der Waals surface area contributed by atoms with E-state index in [0.29, 0.717) is 5.52 Å². The van der Waals surface area contributed by atoms with Crippen LogP contribution in [0.25, 0.3) is 16.8 Å². The summed E-state index contributed by atoms with van der Waals surface area (Å²) in [5.74, 6) is -0.605. The van der Waals surface area contributed by atoms with E-state index in [2.05, 4.69) is 0 Å². The van der Waals surface area contributed by atoms with E-state index in [-0.39, 0.29) is 46.5 Å². The molecule has 1 aliphatic rings. The number of halogens is 3. The number of fused-ring (bicyclic) bond motifs is 2. The van der Waals surface area contributed by atoms with Crippen molar-refractivity contribution in [1.82, 2.24) is 13.7 Å². The first kappa shape index (κ1) is 22.5. The van der Waals surface area contributed by atoms with E-state index in [1.54, 1.807) is 6.07 Å². The summed E-state index contributed by atoms with van der Waals surface area (Å²) in [4.78, 5) is 38.7. The number of aryl methyl sites for hydroxylation is 1. The third-order valence-electron chi connectivity index (χ3n) is 6.53. The predicted molar refractivity (Wildman–Crippen MR) is 119 cm³/mol. The highest BCUT2D eigenvalue weighted by Crippen LogP contribution is 2.41. The van der Waals surface area contributed by atoms with Gasteiger partial charge in [-0.05, 0) is 49.1 Å². The van der Waals surface area contributed by atoms with Gasteiger partial charge in [0.2, 0.25) is 0 Å². The van der Waals surface area contributed by atoms with Gasteiger partial charge >= 0.3 is 17.6 Å². The van der Waals surface area contributed by atoms with E-state index < -0.39 is 34.8 Å². The molecule has 2 aromatic heterocycles. The van der Waals surface area contributed by atoms with Gasteiger partial charge in [-0.2, -0.15) is 18.4 Å². The maximum atomic E-state index is 13.7. The first-order valence-corrected chi connectivity index (χ1v) is 10.6. The average molecular weight is 482 g/mol. The summed E-state index contributed by atoms with van der Waals surface area (Å²) >= 11 is 0. The van der Waals surface area contributed by atoms with E-state index in [9.17, 15) is 32.8 Å². The topological polar surface area (TPSA) is 103 Å². The Morgan fingerprint density at radius 1 is 1.14 bits per heavy atom. The molecule has 0 bridgehead atoms. The van der Waals surface area contributed by atoms with Crippen molar-refractivity contribution >= 4 is 11.1 Å². The maximum absolute atomic E-state index is 13.7. The summed E-state index contributed by atoms with van der Waals surface area (Å²) in [5, 5.41) is 9.70. The Labute approximate surface area is 194 Å². The van der Waals surface area contributed by atoms with Gasteiger partial charge in [0, 0.05) is 18.8 Å². The molecule has 0 radical (unpaired) electrons. The Hall–Kier alpha value is -4.33. The Bertz CT molecular complexity index is 1750. The quantitative estimate of drug-likeness (QED) is 0.437. The first-order chi connectivity index (χ1) is 16.5. The van der Waals surface area contributed by atoms with Crippen LogP contribution in [-0.2, 0) is 19.6 Å². The van der Waals surface area contributed by atoms with Crippen LogP contribution in [0.5, 0.6) is 0 Å². The number of alkyl halides is 3. The van der Waals surface area contributed by atoms with Gasteiger partial charge in [0.05, 0.1) is 22.8 Å². The molecule has 1 unspecified atom stereocenters. The van der Waals surface area contributed by atoms with Crippen molar-refractivity contribution in [3.63, 3.8) is 0 Å². The molecule has 5 rings (SSSR count). The highest BCUT2D eigenvalue weighted by Gasteiger charge is 2.38. The minimum Gasteiger partial charge on any atom is -0.408 e. The molecule has 178 valence electrons. The van der Waals surface area contributed by atoms with Gasteiger partial charge in [-0.15, -0.1) is 0 Å². The van der Waals surface area contributed by atoms with E-state index in [4.69, 9.17) is 4.42 Å². The van der Waals surface area contributed by atoms with Crippen LogP contribution < -0.4 is 17.0 Å². The van der Waals surface area contributed by atoms with Crippen LogP contribution in [0, 0.1) is 18.3 Å². The van der Waals surface area contributed by atoms with Gasteiger partial charge in [0.25, 0.3) is 5.56 Å². The van der Waals surface area contributed by atoms with E-state index in [1.165, 1.54) is 42.8 Å². The smallest absolute Gasteiger partial charge is 0.408 e. The molecule has 0 saturated heterocycles. The highest BCUT2D eigenvalue weighted by atomic mass is 19.4. The van der Waals surface area contributed by atoms with Crippen LogP contribution in [0.4, 0.5) is 13.2 Å². The molecule has 11 heteroatoms. The molecular formula is C24H17F3N4O4. The summed E-state index contributed by atoms with van der Waals surface area (Å²) < 4.78 is 49.1.